The van der Waals surface area contributed by atoms with Crippen LogP contribution in [0.1, 0.15) is 40.5 Å². The highest BCUT2D eigenvalue weighted by molar-refractivity contribution is 9.10. The molecule has 4 nitrogen and oxygen atoms in total. The number of aromatic nitrogens is 2. The predicted molar refractivity (Wildman–Crippen MR) is 87.4 cm³/mol. The van der Waals surface area contributed by atoms with Gasteiger partial charge in [-0.2, -0.15) is 4.98 Å². The van der Waals surface area contributed by atoms with Crippen molar-refractivity contribution in [3.63, 3.8) is 0 Å². The lowest BCUT2D eigenvalue weighted by Gasteiger charge is -2.24. The molecule has 0 amide bonds. The van der Waals surface area contributed by atoms with Crippen LogP contribution in [0.4, 0.5) is 5.95 Å². The number of hydrogen-bond donors (Lipinski definition) is 0. The summed E-state index contributed by atoms with van der Waals surface area (Å²) < 4.78 is 6.05. The predicted octanol–water partition coefficient (Wildman–Crippen LogP) is 4.15. The van der Waals surface area contributed by atoms with Gasteiger partial charge in [0.25, 0.3) is 0 Å². The smallest absolute Gasteiger partial charge is 0.232 e. The van der Waals surface area contributed by atoms with Gasteiger partial charge in [-0.3, -0.25) is 0 Å². The Morgan fingerprint density at radius 1 is 1.15 bits per heavy atom. The van der Waals surface area contributed by atoms with Crippen LogP contribution in [0.3, 0.4) is 0 Å². The van der Waals surface area contributed by atoms with E-state index in [2.05, 4.69) is 58.5 Å². The number of halogens is 1. The first-order chi connectivity index (χ1) is 9.43. The van der Waals surface area contributed by atoms with E-state index in [4.69, 9.17) is 4.74 Å². The van der Waals surface area contributed by atoms with Crippen molar-refractivity contribution in [2.75, 3.05) is 25.1 Å². The van der Waals surface area contributed by atoms with Crippen molar-refractivity contribution < 1.29 is 4.74 Å². The normalized spacial score (nSPS) is 11.2. The van der Waals surface area contributed by atoms with E-state index in [1.807, 2.05) is 0 Å². The van der Waals surface area contributed by atoms with E-state index in [0.29, 0.717) is 17.7 Å². The van der Waals surface area contributed by atoms with Gasteiger partial charge < -0.3 is 9.64 Å². The van der Waals surface area contributed by atoms with Crippen LogP contribution in [0.5, 0.6) is 5.88 Å². The Morgan fingerprint density at radius 3 is 2.15 bits per heavy atom. The third kappa shape index (κ3) is 5.65. The highest BCUT2D eigenvalue weighted by atomic mass is 79.9. The van der Waals surface area contributed by atoms with E-state index < -0.39 is 0 Å². The van der Waals surface area contributed by atoms with Crippen LogP contribution in [-0.2, 0) is 0 Å². The highest BCUT2D eigenvalue weighted by Crippen LogP contribution is 2.24. The van der Waals surface area contributed by atoms with Gasteiger partial charge in [0.05, 0.1) is 17.8 Å². The molecule has 1 aromatic rings. The molecule has 0 bridgehead atoms. The van der Waals surface area contributed by atoms with Crippen LogP contribution in [0.15, 0.2) is 10.7 Å². The first kappa shape index (κ1) is 17.2. The molecule has 0 saturated heterocycles. The van der Waals surface area contributed by atoms with Gasteiger partial charge >= 0.3 is 0 Å². The second-order valence-electron chi connectivity index (χ2n) is 5.88. The third-order valence-corrected chi connectivity index (χ3v) is 3.67. The van der Waals surface area contributed by atoms with Crippen molar-refractivity contribution in [2.24, 2.45) is 11.8 Å². The molecule has 0 saturated carbocycles. The number of nitrogens with zero attached hydrogens (tertiary/aromatic N) is 3. The zero-order chi connectivity index (χ0) is 15.1. The fraction of sp³-hybridized carbons (Fsp3) is 0.733. The SMILES string of the molecule is COc1nc(N(CCC(C)C)CCC(C)C)ncc1Br. The molecule has 0 spiro atoms. The largest absolute Gasteiger partial charge is 0.480 e. The first-order valence-electron chi connectivity index (χ1n) is 7.25. The molecule has 0 aliphatic heterocycles. The van der Waals surface area contributed by atoms with Crippen molar-refractivity contribution in [1.82, 2.24) is 9.97 Å². The van der Waals surface area contributed by atoms with E-state index in [1.54, 1.807) is 13.3 Å². The summed E-state index contributed by atoms with van der Waals surface area (Å²) in [7, 11) is 1.63. The van der Waals surface area contributed by atoms with Crippen molar-refractivity contribution in [3.8, 4) is 5.88 Å². The Labute approximate surface area is 131 Å². The summed E-state index contributed by atoms with van der Waals surface area (Å²) in [4.78, 5) is 11.2. The molecule has 1 rings (SSSR count). The van der Waals surface area contributed by atoms with E-state index in [0.717, 1.165) is 36.4 Å². The Hall–Kier alpha value is -0.840. The van der Waals surface area contributed by atoms with Gasteiger partial charge in [-0.25, -0.2) is 4.98 Å². The average molecular weight is 344 g/mol. The van der Waals surface area contributed by atoms with Gasteiger partial charge in [0.2, 0.25) is 11.8 Å². The molecule has 0 aliphatic carbocycles. The minimum Gasteiger partial charge on any atom is -0.480 e. The van der Waals surface area contributed by atoms with Crippen molar-refractivity contribution in [1.29, 1.82) is 0 Å². The zero-order valence-electron chi connectivity index (χ0n) is 13.2. The molecule has 1 heterocycles. The number of methoxy groups -OCH3 is 1. The molecule has 0 N–H and O–H groups in total. The van der Waals surface area contributed by atoms with Crippen LogP contribution in [0, 0.1) is 11.8 Å². The summed E-state index contributed by atoms with van der Waals surface area (Å²) in [6.45, 7) is 10.9. The number of ether oxygens (including phenoxy) is 1. The maximum Gasteiger partial charge on any atom is 0.232 e. The van der Waals surface area contributed by atoms with Crippen molar-refractivity contribution in [3.05, 3.63) is 10.7 Å². The minimum atomic E-state index is 0.592. The lowest BCUT2D eigenvalue weighted by Crippen LogP contribution is -2.29. The lowest BCUT2D eigenvalue weighted by molar-refractivity contribution is 0.393. The summed E-state index contributed by atoms with van der Waals surface area (Å²) in [5.41, 5.74) is 0. The van der Waals surface area contributed by atoms with Crippen LogP contribution < -0.4 is 9.64 Å². The van der Waals surface area contributed by atoms with Gasteiger partial charge in [-0.05, 0) is 40.6 Å². The second kappa shape index (κ2) is 8.45. The number of rotatable bonds is 8. The lowest BCUT2D eigenvalue weighted by atomic mass is 10.1. The Kier molecular flexibility index (Phi) is 7.27. The topological polar surface area (TPSA) is 38.2 Å². The summed E-state index contributed by atoms with van der Waals surface area (Å²) in [5, 5.41) is 0. The van der Waals surface area contributed by atoms with E-state index >= 15 is 0 Å². The highest BCUT2D eigenvalue weighted by Gasteiger charge is 2.13. The van der Waals surface area contributed by atoms with Gasteiger partial charge in [-0.1, -0.05) is 27.7 Å². The molecule has 0 aliphatic rings. The molecule has 5 heteroatoms. The van der Waals surface area contributed by atoms with Crippen LogP contribution in [0.2, 0.25) is 0 Å². The summed E-state index contributed by atoms with van der Waals surface area (Å²) in [6, 6.07) is 0. The van der Waals surface area contributed by atoms with Crippen LogP contribution in [0.25, 0.3) is 0 Å². The van der Waals surface area contributed by atoms with Crippen LogP contribution >= 0.6 is 15.9 Å². The molecule has 0 aromatic carbocycles. The monoisotopic (exact) mass is 343 g/mol. The Balaban J connectivity index is 2.84. The molecule has 20 heavy (non-hydrogen) atoms. The van der Waals surface area contributed by atoms with Crippen LogP contribution in [-0.4, -0.2) is 30.2 Å². The average Bonchev–Trinajstić information content (AvgIpc) is 2.39. The summed E-state index contributed by atoms with van der Waals surface area (Å²) in [6.07, 6.45) is 4.04. The molecule has 0 fully saturated rings. The molecular formula is C15H26BrN3O. The number of anilines is 1. The molecule has 0 radical (unpaired) electrons. The Bertz CT molecular complexity index is 398. The second-order valence-corrected chi connectivity index (χ2v) is 6.73. The zero-order valence-corrected chi connectivity index (χ0v) is 14.8. The van der Waals surface area contributed by atoms with Crippen molar-refractivity contribution in [2.45, 2.75) is 40.5 Å². The van der Waals surface area contributed by atoms with E-state index in [1.165, 1.54) is 0 Å². The maximum absolute atomic E-state index is 5.26. The fourth-order valence-electron chi connectivity index (χ4n) is 1.78. The Morgan fingerprint density at radius 2 is 1.70 bits per heavy atom. The standard InChI is InChI=1S/C15H26BrN3O/c1-11(2)6-8-19(9-7-12(3)4)15-17-10-13(16)14(18-15)20-5/h10-12H,6-9H2,1-5H3. The molecule has 1 aromatic heterocycles. The third-order valence-electron chi connectivity index (χ3n) is 3.13. The molecule has 0 atom stereocenters. The molecular weight excluding hydrogens is 318 g/mol. The minimum absolute atomic E-state index is 0.592. The molecule has 114 valence electrons. The van der Waals surface area contributed by atoms with Gasteiger partial charge in [0.15, 0.2) is 0 Å². The maximum atomic E-state index is 5.26. The van der Waals surface area contributed by atoms with E-state index in [9.17, 15) is 0 Å². The summed E-state index contributed by atoms with van der Waals surface area (Å²) in [5.74, 6) is 2.70. The number of hydrogen-bond acceptors (Lipinski definition) is 4. The molecule has 0 unspecified atom stereocenters. The van der Waals surface area contributed by atoms with Gasteiger partial charge in [-0.15, -0.1) is 0 Å². The van der Waals surface area contributed by atoms with Gasteiger partial charge in [0, 0.05) is 13.1 Å². The first-order valence-corrected chi connectivity index (χ1v) is 8.04. The fourth-order valence-corrected chi connectivity index (χ4v) is 2.13. The van der Waals surface area contributed by atoms with Crippen molar-refractivity contribution >= 4 is 21.9 Å². The van der Waals surface area contributed by atoms with E-state index in [-0.39, 0.29) is 0 Å². The van der Waals surface area contributed by atoms with Gasteiger partial charge in [0.1, 0.15) is 0 Å². The quantitative estimate of drug-likeness (QED) is 0.710. The summed E-state index contributed by atoms with van der Waals surface area (Å²) >= 11 is 3.40.